The number of fused-ring (bicyclic) bond motifs is 1. The van der Waals surface area contributed by atoms with E-state index in [-0.39, 0.29) is 24.0 Å². The van der Waals surface area contributed by atoms with Gasteiger partial charge in [-0.25, -0.2) is 0 Å². The van der Waals surface area contributed by atoms with Gasteiger partial charge in [0, 0.05) is 18.4 Å². The average Bonchev–Trinajstić information content (AvgIpc) is 3.29. The molecule has 1 N–H and O–H groups in total. The van der Waals surface area contributed by atoms with Gasteiger partial charge < -0.3 is 14.6 Å². The molecule has 0 amide bonds. The molecule has 1 aliphatic heterocycles. The second-order valence-corrected chi connectivity index (χ2v) is 6.55. The number of nitrogens with zero attached hydrogens (tertiary/aromatic N) is 3. The molecular formula is C20H19N3O4. The van der Waals surface area contributed by atoms with Gasteiger partial charge in [-0.05, 0) is 38.1 Å². The molecule has 138 valence electrons. The number of carbonyl (C=O) groups is 1. The number of aldehydes is 1. The van der Waals surface area contributed by atoms with E-state index in [2.05, 4.69) is 10.1 Å². The summed E-state index contributed by atoms with van der Waals surface area (Å²) in [5.41, 5.74) is 2.52. The maximum Gasteiger partial charge on any atom is 0.163 e. The summed E-state index contributed by atoms with van der Waals surface area (Å²) in [6.45, 7) is 4.39. The van der Waals surface area contributed by atoms with Crippen molar-refractivity contribution in [2.45, 2.75) is 26.0 Å². The number of phenolic OH excluding ortho intramolecular Hbond substituents is 1. The molecule has 1 aliphatic rings. The van der Waals surface area contributed by atoms with Crippen LogP contribution < -0.4 is 9.47 Å². The summed E-state index contributed by atoms with van der Waals surface area (Å²) in [5.74, 6) is 0.874. The van der Waals surface area contributed by atoms with Crippen molar-refractivity contribution >= 4 is 6.29 Å². The van der Waals surface area contributed by atoms with Gasteiger partial charge >= 0.3 is 0 Å². The second kappa shape index (κ2) is 6.75. The zero-order valence-corrected chi connectivity index (χ0v) is 15.0. The van der Waals surface area contributed by atoms with E-state index in [0.717, 1.165) is 17.0 Å². The molecule has 1 atom stereocenters. The van der Waals surface area contributed by atoms with Crippen molar-refractivity contribution in [3.8, 4) is 28.6 Å². The first kappa shape index (κ1) is 17.1. The maximum atomic E-state index is 11.3. The highest BCUT2D eigenvalue weighted by Gasteiger charge is 2.32. The lowest BCUT2D eigenvalue weighted by Gasteiger charge is -2.18. The fourth-order valence-electron chi connectivity index (χ4n) is 3.26. The van der Waals surface area contributed by atoms with E-state index in [4.69, 9.17) is 9.47 Å². The van der Waals surface area contributed by atoms with Gasteiger partial charge in [0.1, 0.15) is 23.9 Å². The Bertz CT molecular complexity index is 997. The lowest BCUT2D eigenvalue weighted by molar-refractivity contribution is 0.110. The number of phenols is 1. The van der Waals surface area contributed by atoms with Gasteiger partial charge in [0.25, 0.3) is 0 Å². The van der Waals surface area contributed by atoms with E-state index >= 15 is 0 Å². The van der Waals surface area contributed by atoms with Crippen molar-refractivity contribution in [2.24, 2.45) is 0 Å². The van der Waals surface area contributed by atoms with E-state index in [0.29, 0.717) is 17.8 Å². The smallest absolute Gasteiger partial charge is 0.163 e. The molecule has 0 saturated heterocycles. The van der Waals surface area contributed by atoms with Gasteiger partial charge in [-0.2, -0.15) is 5.10 Å². The Morgan fingerprint density at radius 2 is 2.15 bits per heavy atom. The Hall–Kier alpha value is -3.35. The molecule has 1 aromatic carbocycles. The van der Waals surface area contributed by atoms with Crippen molar-refractivity contribution in [3.63, 3.8) is 0 Å². The zero-order chi connectivity index (χ0) is 19.0. The lowest BCUT2D eigenvalue weighted by Crippen LogP contribution is -2.12. The molecule has 0 bridgehead atoms. The topological polar surface area (TPSA) is 86.5 Å². The van der Waals surface area contributed by atoms with Crippen LogP contribution in [0.3, 0.4) is 0 Å². The van der Waals surface area contributed by atoms with Crippen LogP contribution in [0.15, 0.2) is 42.7 Å². The number of pyridine rings is 1. The largest absolute Gasteiger partial charge is 0.507 e. The number of ether oxygens (including phenoxy) is 2. The summed E-state index contributed by atoms with van der Waals surface area (Å²) in [6, 6.07) is 8.60. The average molecular weight is 365 g/mol. The minimum atomic E-state index is -0.459. The third kappa shape index (κ3) is 2.91. The van der Waals surface area contributed by atoms with Crippen LogP contribution >= 0.6 is 0 Å². The van der Waals surface area contributed by atoms with Crippen LogP contribution in [0.4, 0.5) is 0 Å². The summed E-state index contributed by atoms with van der Waals surface area (Å²) < 4.78 is 13.7. The molecular weight excluding hydrogens is 346 g/mol. The molecule has 0 spiro atoms. The van der Waals surface area contributed by atoms with Crippen LogP contribution in [-0.4, -0.2) is 32.8 Å². The van der Waals surface area contributed by atoms with Crippen LogP contribution in [0.2, 0.25) is 0 Å². The van der Waals surface area contributed by atoms with Crippen LogP contribution in [0.5, 0.6) is 17.2 Å². The highest BCUT2D eigenvalue weighted by atomic mass is 16.5. The van der Waals surface area contributed by atoms with Gasteiger partial charge in [0.05, 0.1) is 22.5 Å². The number of aromatic nitrogens is 3. The highest BCUT2D eigenvalue weighted by Crippen LogP contribution is 2.42. The summed E-state index contributed by atoms with van der Waals surface area (Å²) >= 11 is 0. The predicted molar refractivity (Wildman–Crippen MR) is 98.2 cm³/mol. The molecule has 0 saturated carbocycles. The normalized spacial score (nSPS) is 15.4. The molecule has 2 aromatic heterocycles. The predicted octanol–water partition coefficient (Wildman–Crippen LogP) is 3.56. The SMILES string of the molecule is CC(C)n1nccc1-c1nccc2c1[C@H](Oc1cccc(O)c1C=O)CO2. The Labute approximate surface area is 156 Å². The summed E-state index contributed by atoms with van der Waals surface area (Å²) in [6.07, 6.45) is 3.56. The van der Waals surface area contributed by atoms with Crippen molar-refractivity contribution in [1.82, 2.24) is 14.8 Å². The first-order chi connectivity index (χ1) is 13.1. The van der Waals surface area contributed by atoms with E-state index in [9.17, 15) is 9.90 Å². The Morgan fingerprint density at radius 1 is 1.30 bits per heavy atom. The molecule has 0 aliphatic carbocycles. The quantitative estimate of drug-likeness (QED) is 0.696. The van der Waals surface area contributed by atoms with Crippen molar-refractivity contribution in [3.05, 3.63) is 53.9 Å². The molecule has 7 nitrogen and oxygen atoms in total. The molecule has 0 radical (unpaired) electrons. The van der Waals surface area contributed by atoms with E-state index in [1.165, 1.54) is 6.07 Å². The number of aromatic hydroxyl groups is 1. The maximum absolute atomic E-state index is 11.3. The van der Waals surface area contributed by atoms with Crippen LogP contribution in [-0.2, 0) is 0 Å². The molecule has 7 heteroatoms. The fourth-order valence-corrected chi connectivity index (χ4v) is 3.26. The molecule has 4 rings (SSSR count). The summed E-state index contributed by atoms with van der Waals surface area (Å²) in [5, 5.41) is 14.3. The second-order valence-electron chi connectivity index (χ2n) is 6.55. The van der Waals surface area contributed by atoms with Crippen LogP contribution in [0, 0.1) is 0 Å². The molecule has 27 heavy (non-hydrogen) atoms. The number of hydrogen-bond acceptors (Lipinski definition) is 6. The minimum Gasteiger partial charge on any atom is -0.507 e. The number of carbonyl (C=O) groups excluding carboxylic acids is 1. The molecule has 0 unspecified atom stereocenters. The Morgan fingerprint density at radius 3 is 2.93 bits per heavy atom. The minimum absolute atomic E-state index is 0.114. The van der Waals surface area contributed by atoms with E-state index < -0.39 is 6.10 Å². The van der Waals surface area contributed by atoms with E-state index in [1.54, 1.807) is 30.6 Å². The molecule has 0 fully saturated rings. The third-order valence-corrected chi connectivity index (χ3v) is 4.49. The van der Waals surface area contributed by atoms with E-state index in [1.807, 2.05) is 24.6 Å². The van der Waals surface area contributed by atoms with Gasteiger partial charge in [-0.3, -0.25) is 14.5 Å². The number of rotatable bonds is 5. The summed E-state index contributed by atoms with van der Waals surface area (Å²) in [4.78, 5) is 15.9. The van der Waals surface area contributed by atoms with Crippen LogP contribution in [0.25, 0.3) is 11.4 Å². The molecule has 3 aromatic rings. The van der Waals surface area contributed by atoms with Gasteiger partial charge in [0.15, 0.2) is 12.4 Å². The van der Waals surface area contributed by atoms with Crippen molar-refractivity contribution < 1.29 is 19.4 Å². The third-order valence-electron chi connectivity index (χ3n) is 4.49. The lowest BCUT2D eigenvalue weighted by atomic mass is 10.1. The first-order valence-electron chi connectivity index (χ1n) is 8.69. The Balaban J connectivity index is 1.77. The first-order valence-corrected chi connectivity index (χ1v) is 8.69. The summed E-state index contributed by atoms with van der Waals surface area (Å²) in [7, 11) is 0. The fraction of sp³-hybridized carbons (Fsp3) is 0.250. The number of hydrogen-bond donors (Lipinski definition) is 1. The van der Waals surface area contributed by atoms with Crippen molar-refractivity contribution in [2.75, 3.05) is 6.61 Å². The van der Waals surface area contributed by atoms with Crippen LogP contribution in [0.1, 0.15) is 41.9 Å². The van der Waals surface area contributed by atoms with Crippen molar-refractivity contribution in [1.29, 1.82) is 0 Å². The van der Waals surface area contributed by atoms with Gasteiger partial charge in [-0.15, -0.1) is 0 Å². The van der Waals surface area contributed by atoms with Gasteiger partial charge in [0.2, 0.25) is 0 Å². The zero-order valence-electron chi connectivity index (χ0n) is 15.0. The highest BCUT2D eigenvalue weighted by molar-refractivity contribution is 5.83. The molecule has 3 heterocycles. The van der Waals surface area contributed by atoms with Gasteiger partial charge in [-0.1, -0.05) is 6.07 Å². The number of benzene rings is 1. The monoisotopic (exact) mass is 365 g/mol. The Kier molecular flexibility index (Phi) is 4.27. The standard InChI is InChI=1S/C20H19N3O4/c1-12(2)23-14(6-9-22-23)20-19-17(7-8-21-20)26-11-18(19)27-16-5-3-4-15(25)13(16)10-24/h3-10,12,18,25H,11H2,1-2H3/t18-/m1/s1.